The number of nitrogens with one attached hydrogen (secondary N) is 1. The van der Waals surface area contributed by atoms with Crippen LogP contribution >= 0.6 is 0 Å². The van der Waals surface area contributed by atoms with Crippen LogP contribution in [0.15, 0.2) is 30.3 Å². The SMILES string of the molecule is CCOc1cccc(CNCc2cc(C#N)n(C)c2C)c1. The Hall–Kier alpha value is -2.25. The van der Waals surface area contributed by atoms with Crippen LogP contribution in [0, 0.1) is 18.3 Å². The fraction of sp³-hybridized carbons (Fsp3) is 0.353. The summed E-state index contributed by atoms with van der Waals surface area (Å²) in [4.78, 5) is 0. The maximum atomic E-state index is 9.04. The lowest BCUT2D eigenvalue weighted by molar-refractivity contribution is 0.340. The number of rotatable bonds is 6. The first-order valence-corrected chi connectivity index (χ1v) is 7.13. The van der Waals surface area contributed by atoms with Gasteiger partial charge in [0, 0.05) is 25.8 Å². The zero-order valence-electron chi connectivity index (χ0n) is 12.8. The van der Waals surface area contributed by atoms with E-state index in [2.05, 4.69) is 23.5 Å². The van der Waals surface area contributed by atoms with E-state index in [9.17, 15) is 0 Å². The molecular formula is C17H21N3O. The lowest BCUT2D eigenvalue weighted by Gasteiger charge is -2.08. The Morgan fingerprint density at radius 3 is 2.76 bits per heavy atom. The minimum absolute atomic E-state index is 0.678. The molecule has 0 saturated heterocycles. The number of benzene rings is 1. The van der Waals surface area contributed by atoms with E-state index in [4.69, 9.17) is 10.00 Å². The number of ether oxygens (including phenoxy) is 1. The van der Waals surface area contributed by atoms with Gasteiger partial charge in [0.1, 0.15) is 17.5 Å². The molecule has 1 N–H and O–H groups in total. The average molecular weight is 283 g/mol. The molecule has 2 rings (SSSR count). The van der Waals surface area contributed by atoms with Crippen LogP contribution in [0.3, 0.4) is 0 Å². The maximum Gasteiger partial charge on any atom is 0.120 e. The van der Waals surface area contributed by atoms with Crippen LogP contribution in [0.1, 0.15) is 29.4 Å². The standard InChI is InChI=1S/C17H21N3O/c1-4-21-17-7-5-6-14(8-17)11-19-12-15-9-16(10-18)20(3)13(15)2/h5-9,19H,4,11-12H2,1-3H3. The molecule has 0 aliphatic carbocycles. The number of hydrogen-bond acceptors (Lipinski definition) is 3. The molecule has 4 nitrogen and oxygen atoms in total. The summed E-state index contributed by atoms with van der Waals surface area (Å²) in [6.07, 6.45) is 0. The Labute approximate surface area is 126 Å². The van der Waals surface area contributed by atoms with E-state index < -0.39 is 0 Å². The molecule has 0 spiro atoms. The van der Waals surface area contributed by atoms with Crippen molar-refractivity contribution in [2.24, 2.45) is 7.05 Å². The van der Waals surface area contributed by atoms with E-state index in [1.165, 1.54) is 5.56 Å². The van der Waals surface area contributed by atoms with Gasteiger partial charge in [0.15, 0.2) is 0 Å². The van der Waals surface area contributed by atoms with Gasteiger partial charge >= 0.3 is 0 Å². The summed E-state index contributed by atoms with van der Waals surface area (Å²) in [5, 5.41) is 12.5. The van der Waals surface area contributed by atoms with Gasteiger partial charge in [-0.25, -0.2) is 0 Å². The summed E-state index contributed by atoms with van der Waals surface area (Å²) in [7, 11) is 1.92. The zero-order valence-corrected chi connectivity index (χ0v) is 12.8. The molecule has 110 valence electrons. The van der Waals surface area contributed by atoms with Crippen molar-refractivity contribution in [3.05, 3.63) is 52.8 Å². The highest BCUT2D eigenvalue weighted by atomic mass is 16.5. The third kappa shape index (κ3) is 3.65. The van der Waals surface area contributed by atoms with Crippen molar-refractivity contribution in [2.75, 3.05) is 6.61 Å². The Morgan fingerprint density at radius 1 is 1.29 bits per heavy atom. The van der Waals surface area contributed by atoms with Gasteiger partial charge in [0.25, 0.3) is 0 Å². The van der Waals surface area contributed by atoms with Crippen LogP contribution in [0.25, 0.3) is 0 Å². The monoisotopic (exact) mass is 283 g/mol. The highest BCUT2D eigenvalue weighted by molar-refractivity contribution is 5.34. The number of aromatic nitrogens is 1. The van der Waals surface area contributed by atoms with Gasteiger partial charge in [-0.1, -0.05) is 12.1 Å². The number of nitriles is 1. The molecule has 0 amide bonds. The van der Waals surface area contributed by atoms with E-state index in [0.29, 0.717) is 12.3 Å². The number of nitrogens with zero attached hydrogens (tertiary/aromatic N) is 2. The van der Waals surface area contributed by atoms with Crippen molar-refractivity contribution in [1.29, 1.82) is 5.26 Å². The van der Waals surface area contributed by atoms with Crippen LogP contribution in [-0.4, -0.2) is 11.2 Å². The van der Waals surface area contributed by atoms with Gasteiger partial charge in [-0.3, -0.25) is 0 Å². The highest BCUT2D eigenvalue weighted by Gasteiger charge is 2.08. The molecule has 1 heterocycles. The quantitative estimate of drug-likeness (QED) is 0.887. The Balaban J connectivity index is 1.96. The van der Waals surface area contributed by atoms with Gasteiger partial charge < -0.3 is 14.6 Å². The predicted octanol–water partition coefficient (Wildman–Crippen LogP) is 2.89. The minimum Gasteiger partial charge on any atom is -0.494 e. The topological polar surface area (TPSA) is 50.0 Å². The maximum absolute atomic E-state index is 9.04. The lowest BCUT2D eigenvalue weighted by atomic mass is 10.2. The van der Waals surface area contributed by atoms with Gasteiger partial charge in [-0.05, 0) is 43.2 Å². The largest absolute Gasteiger partial charge is 0.494 e. The second kappa shape index (κ2) is 6.96. The van der Waals surface area contributed by atoms with Crippen molar-refractivity contribution in [1.82, 2.24) is 9.88 Å². The summed E-state index contributed by atoms with van der Waals surface area (Å²) in [5.41, 5.74) is 4.18. The zero-order chi connectivity index (χ0) is 15.2. The molecule has 0 unspecified atom stereocenters. The molecule has 1 aromatic carbocycles. The summed E-state index contributed by atoms with van der Waals surface area (Å²) in [6, 6.07) is 12.2. The van der Waals surface area contributed by atoms with Gasteiger partial charge in [-0.15, -0.1) is 0 Å². The lowest BCUT2D eigenvalue weighted by Crippen LogP contribution is -2.13. The van der Waals surface area contributed by atoms with Crippen molar-refractivity contribution in [2.45, 2.75) is 26.9 Å². The van der Waals surface area contributed by atoms with Gasteiger partial charge in [0.2, 0.25) is 0 Å². The first-order chi connectivity index (χ1) is 10.2. The molecule has 1 aromatic heterocycles. The fourth-order valence-electron chi connectivity index (χ4n) is 2.30. The molecule has 0 radical (unpaired) electrons. The van der Waals surface area contributed by atoms with Gasteiger partial charge in [0.05, 0.1) is 6.61 Å². The van der Waals surface area contributed by atoms with Crippen molar-refractivity contribution >= 4 is 0 Å². The average Bonchev–Trinajstić information content (AvgIpc) is 2.76. The third-order valence-electron chi connectivity index (χ3n) is 3.61. The van der Waals surface area contributed by atoms with Crippen LogP contribution in [-0.2, 0) is 20.1 Å². The van der Waals surface area contributed by atoms with Crippen molar-refractivity contribution in [3.8, 4) is 11.8 Å². The van der Waals surface area contributed by atoms with E-state index in [1.54, 1.807) is 0 Å². The summed E-state index contributed by atoms with van der Waals surface area (Å²) >= 11 is 0. The van der Waals surface area contributed by atoms with Crippen LogP contribution in [0.5, 0.6) is 5.75 Å². The summed E-state index contributed by atoms with van der Waals surface area (Å²) in [6.45, 7) is 6.22. The second-order valence-corrected chi connectivity index (χ2v) is 5.00. The molecular weight excluding hydrogens is 262 g/mol. The van der Waals surface area contributed by atoms with Crippen molar-refractivity contribution < 1.29 is 4.74 Å². The molecule has 0 aliphatic rings. The molecule has 21 heavy (non-hydrogen) atoms. The van der Waals surface area contributed by atoms with Crippen molar-refractivity contribution in [3.63, 3.8) is 0 Å². The van der Waals surface area contributed by atoms with E-state index in [1.807, 2.05) is 43.7 Å². The second-order valence-electron chi connectivity index (χ2n) is 5.00. The number of hydrogen-bond donors (Lipinski definition) is 1. The van der Waals surface area contributed by atoms with Crippen LogP contribution in [0.4, 0.5) is 0 Å². The molecule has 0 aliphatic heterocycles. The smallest absolute Gasteiger partial charge is 0.120 e. The van der Waals surface area contributed by atoms with Crippen LogP contribution in [0.2, 0.25) is 0 Å². The minimum atomic E-state index is 0.678. The molecule has 2 aromatic rings. The molecule has 0 fully saturated rings. The summed E-state index contributed by atoms with van der Waals surface area (Å²) in [5.74, 6) is 0.902. The normalized spacial score (nSPS) is 10.4. The molecule has 0 bridgehead atoms. The highest BCUT2D eigenvalue weighted by Crippen LogP contribution is 2.15. The Kier molecular flexibility index (Phi) is 5.02. The van der Waals surface area contributed by atoms with E-state index in [-0.39, 0.29) is 0 Å². The Morgan fingerprint density at radius 2 is 2.10 bits per heavy atom. The fourth-order valence-corrected chi connectivity index (χ4v) is 2.30. The molecule has 0 atom stereocenters. The van der Waals surface area contributed by atoms with E-state index >= 15 is 0 Å². The van der Waals surface area contributed by atoms with Gasteiger partial charge in [-0.2, -0.15) is 5.26 Å². The molecule has 0 saturated carbocycles. The predicted molar refractivity (Wildman–Crippen MR) is 83.0 cm³/mol. The first-order valence-electron chi connectivity index (χ1n) is 7.13. The van der Waals surface area contributed by atoms with E-state index in [0.717, 1.165) is 30.1 Å². The first kappa shape index (κ1) is 15.1. The summed E-state index contributed by atoms with van der Waals surface area (Å²) < 4.78 is 7.42. The third-order valence-corrected chi connectivity index (χ3v) is 3.61. The van der Waals surface area contributed by atoms with Crippen LogP contribution < -0.4 is 10.1 Å². The molecule has 4 heteroatoms. The Bertz CT molecular complexity index is 653.